The predicted molar refractivity (Wildman–Crippen MR) is 67.9 cm³/mol. The summed E-state index contributed by atoms with van der Waals surface area (Å²) < 4.78 is 32.1. The number of anilines is 1. The maximum absolute atomic E-state index is 11.4. The zero-order chi connectivity index (χ0) is 13.4. The monoisotopic (exact) mass is 258 g/mol. The largest absolute Gasteiger partial charge is 0.388 e. The molecule has 0 saturated heterocycles. The van der Waals surface area contributed by atoms with Gasteiger partial charge >= 0.3 is 0 Å². The van der Waals surface area contributed by atoms with Crippen molar-refractivity contribution in [2.45, 2.75) is 32.2 Å². The Labute approximate surface area is 102 Å². The highest BCUT2D eigenvalue weighted by atomic mass is 32.2. The van der Waals surface area contributed by atoms with Crippen LogP contribution in [0, 0.1) is 20.8 Å². The van der Waals surface area contributed by atoms with E-state index in [0.29, 0.717) is 16.8 Å². The molecule has 0 amide bonds. The van der Waals surface area contributed by atoms with Crippen molar-refractivity contribution in [3.05, 3.63) is 22.3 Å². The molecule has 0 heterocycles. The van der Waals surface area contributed by atoms with Gasteiger partial charge in [0, 0.05) is 19.3 Å². The van der Waals surface area contributed by atoms with Gasteiger partial charge in [-0.05, 0) is 43.0 Å². The van der Waals surface area contributed by atoms with Crippen LogP contribution in [0.5, 0.6) is 0 Å². The molecule has 1 aromatic rings. The van der Waals surface area contributed by atoms with Crippen LogP contribution in [0.3, 0.4) is 0 Å². The third-order valence-corrected chi connectivity index (χ3v) is 4.18. The fraction of sp³-hybridized carbons (Fsp3) is 0.455. The maximum atomic E-state index is 11.4. The standard InChI is InChI=1S/C11H18N2O3S/c1-6-9(5-12)7(2)11(17(14,15)16)8(3)10(6)13-4/h13H,5,12H2,1-4H3,(H,14,15,16). The van der Waals surface area contributed by atoms with Crippen molar-refractivity contribution in [3.63, 3.8) is 0 Å². The van der Waals surface area contributed by atoms with Crippen LogP contribution in [-0.2, 0) is 16.7 Å². The van der Waals surface area contributed by atoms with Gasteiger partial charge in [-0.25, -0.2) is 0 Å². The van der Waals surface area contributed by atoms with Crippen molar-refractivity contribution >= 4 is 15.8 Å². The smallest absolute Gasteiger partial charge is 0.295 e. The van der Waals surface area contributed by atoms with Gasteiger partial charge in [0.25, 0.3) is 10.1 Å². The van der Waals surface area contributed by atoms with E-state index < -0.39 is 10.1 Å². The van der Waals surface area contributed by atoms with Crippen LogP contribution in [-0.4, -0.2) is 20.0 Å². The van der Waals surface area contributed by atoms with Gasteiger partial charge in [0.2, 0.25) is 0 Å². The normalized spacial score (nSPS) is 11.6. The van der Waals surface area contributed by atoms with E-state index in [9.17, 15) is 13.0 Å². The van der Waals surface area contributed by atoms with Gasteiger partial charge in [0.1, 0.15) is 4.90 Å². The lowest BCUT2D eigenvalue weighted by Crippen LogP contribution is -2.13. The first-order valence-electron chi connectivity index (χ1n) is 5.23. The lowest BCUT2D eigenvalue weighted by molar-refractivity contribution is 0.482. The molecule has 1 rings (SSSR count). The molecule has 0 radical (unpaired) electrons. The number of hydrogen-bond acceptors (Lipinski definition) is 4. The molecule has 0 saturated carbocycles. The Morgan fingerprint density at radius 3 is 2.06 bits per heavy atom. The Hall–Kier alpha value is -1.11. The Morgan fingerprint density at radius 1 is 1.18 bits per heavy atom. The number of hydrogen-bond donors (Lipinski definition) is 3. The second-order valence-electron chi connectivity index (χ2n) is 3.99. The summed E-state index contributed by atoms with van der Waals surface area (Å²) >= 11 is 0. The second-order valence-corrected chi connectivity index (χ2v) is 5.35. The van der Waals surface area contributed by atoms with Crippen LogP contribution in [0.1, 0.15) is 22.3 Å². The molecule has 0 aliphatic rings. The maximum Gasteiger partial charge on any atom is 0.295 e. The lowest BCUT2D eigenvalue weighted by Gasteiger charge is -2.19. The molecule has 0 atom stereocenters. The van der Waals surface area contributed by atoms with Crippen LogP contribution in [0.2, 0.25) is 0 Å². The molecule has 1 aromatic carbocycles. The van der Waals surface area contributed by atoms with Gasteiger partial charge < -0.3 is 11.1 Å². The van der Waals surface area contributed by atoms with Crippen molar-refractivity contribution in [3.8, 4) is 0 Å². The van der Waals surface area contributed by atoms with E-state index in [-0.39, 0.29) is 11.4 Å². The Morgan fingerprint density at radius 2 is 1.71 bits per heavy atom. The average molecular weight is 258 g/mol. The number of nitrogens with one attached hydrogen (secondary N) is 1. The highest BCUT2D eigenvalue weighted by Gasteiger charge is 2.23. The summed E-state index contributed by atoms with van der Waals surface area (Å²) in [5.74, 6) is 0. The molecule has 0 aliphatic heterocycles. The third kappa shape index (κ3) is 2.29. The molecule has 0 aliphatic carbocycles. The van der Waals surface area contributed by atoms with Crippen LogP contribution in [0.25, 0.3) is 0 Å². The molecule has 0 fully saturated rings. The summed E-state index contributed by atoms with van der Waals surface area (Å²) in [6.07, 6.45) is 0. The summed E-state index contributed by atoms with van der Waals surface area (Å²) in [6.45, 7) is 5.43. The molecule has 96 valence electrons. The van der Waals surface area contributed by atoms with Crippen molar-refractivity contribution in [1.29, 1.82) is 0 Å². The molecule has 0 spiro atoms. The highest BCUT2D eigenvalue weighted by Crippen LogP contribution is 2.33. The van der Waals surface area contributed by atoms with Gasteiger partial charge in [0.05, 0.1) is 0 Å². The van der Waals surface area contributed by atoms with Crippen molar-refractivity contribution < 1.29 is 13.0 Å². The summed E-state index contributed by atoms with van der Waals surface area (Å²) in [4.78, 5) is -0.0482. The molecule has 5 nitrogen and oxygen atoms in total. The highest BCUT2D eigenvalue weighted by molar-refractivity contribution is 7.86. The Bertz CT molecular complexity index is 519. The van der Waals surface area contributed by atoms with E-state index in [1.54, 1.807) is 20.9 Å². The number of benzene rings is 1. The first-order valence-corrected chi connectivity index (χ1v) is 6.67. The number of rotatable bonds is 3. The van der Waals surface area contributed by atoms with E-state index in [2.05, 4.69) is 5.32 Å². The minimum Gasteiger partial charge on any atom is -0.388 e. The zero-order valence-corrected chi connectivity index (χ0v) is 11.3. The Kier molecular flexibility index (Phi) is 3.81. The minimum atomic E-state index is -4.24. The van der Waals surface area contributed by atoms with Crippen LogP contribution in [0.15, 0.2) is 4.90 Å². The lowest BCUT2D eigenvalue weighted by atomic mass is 9.97. The van der Waals surface area contributed by atoms with Gasteiger partial charge in [0.15, 0.2) is 0 Å². The Balaban J connectivity index is 3.85. The summed E-state index contributed by atoms with van der Waals surface area (Å²) in [5, 5.41) is 2.95. The van der Waals surface area contributed by atoms with Gasteiger partial charge in [-0.3, -0.25) is 4.55 Å². The quantitative estimate of drug-likeness (QED) is 0.712. The van der Waals surface area contributed by atoms with Crippen LogP contribution >= 0.6 is 0 Å². The molecule has 0 aromatic heterocycles. The molecular formula is C11H18N2O3S. The minimum absolute atomic E-state index is 0.0482. The SMILES string of the molecule is CNc1c(C)c(CN)c(C)c(S(=O)(=O)O)c1C. The number of nitrogens with two attached hydrogens (primary N) is 1. The van der Waals surface area contributed by atoms with Crippen LogP contribution < -0.4 is 11.1 Å². The second kappa shape index (κ2) is 4.64. The third-order valence-electron chi connectivity index (χ3n) is 3.05. The molecule has 0 unspecified atom stereocenters. The molecule has 17 heavy (non-hydrogen) atoms. The molecule has 6 heteroatoms. The van der Waals surface area contributed by atoms with E-state index in [4.69, 9.17) is 5.73 Å². The fourth-order valence-corrected chi connectivity index (χ4v) is 3.31. The summed E-state index contributed by atoms with van der Waals surface area (Å²) in [7, 11) is -2.53. The first kappa shape index (κ1) is 14.0. The fourth-order valence-electron chi connectivity index (χ4n) is 2.31. The predicted octanol–water partition coefficient (Wildman–Crippen LogP) is 1.36. The summed E-state index contributed by atoms with van der Waals surface area (Å²) in [6, 6.07) is 0. The summed E-state index contributed by atoms with van der Waals surface area (Å²) in [5.41, 5.74) is 9.02. The van der Waals surface area contributed by atoms with E-state index in [0.717, 1.165) is 11.1 Å². The van der Waals surface area contributed by atoms with Crippen LogP contribution in [0.4, 0.5) is 5.69 Å². The van der Waals surface area contributed by atoms with Gasteiger partial charge in [-0.1, -0.05) is 0 Å². The van der Waals surface area contributed by atoms with Crippen molar-refractivity contribution in [2.75, 3.05) is 12.4 Å². The average Bonchev–Trinajstić information content (AvgIpc) is 2.16. The van der Waals surface area contributed by atoms with Crippen molar-refractivity contribution in [1.82, 2.24) is 0 Å². The first-order chi connectivity index (χ1) is 7.75. The van der Waals surface area contributed by atoms with E-state index in [1.165, 1.54) is 0 Å². The van der Waals surface area contributed by atoms with E-state index >= 15 is 0 Å². The van der Waals surface area contributed by atoms with E-state index in [1.807, 2.05) is 6.92 Å². The topological polar surface area (TPSA) is 92.4 Å². The van der Waals surface area contributed by atoms with Crippen molar-refractivity contribution in [2.24, 2.45) is 5.73 Å². The molecule has 0 bridgehead atoms. The van der Waals surface area contributed by atoms with Gasteiger partial charge in [-0.2, -0.15) is 8.42 Å². The van der Waals surface area contributed by atoms with Gasteiger partial charge in [-0.15, -0.1) is 0 Å². The molecule has 4 N–H and O–H groups in total. The molecular weight excluding hydrogens is 240 g/mol. The zero-order valence-electron chi connectivity index (χ0n) is 10.5.